The minimum absolute atomic E-state index is 0.159. The fourth-order valence-corrected chi connectivity index (χ4v) is 2.91. The van der Waals surface area contributed by atoms with E-state index < -0.39 is 11.7 Å². The van der Waals surface area contributed by atoms with Gasteiger partial charge in [-0.1, -0.05) is 6.08 Å². The highest BCUT2D eigenvalue weighted by atomic mass is 16.7. The van der Waals surface area contributed by atoms with Crippen LogP contribution >= 0.6 is 0 Å². The van der Waals surface area contributed by atoms with Crippen LogP contribution in [0.5, 0.6) is 0 Å². The number of urea groups is 1. The van der Waals surface area contributed by atoms with Crippen LogP contribution in [0.3, 0.4) is 0 Å². The number of carbonyl (C=O) groups excluding carboxylic acids is 2. The Morgan fingerprint density at radius 3 is 2.96 bits per heavy atom. The Hall–Kier alpha value is -2.81. The van der Waals surface area contributed by atoms with Gasteiger partial charge in [0, 0.05) is 24.8 Å². The van der Waals surface area contributed by atoms with Crippen LogP contribution in [0.25, 0.3) is 5.70 Å². The van der Waals surface area contributed by atoms with Crippen LogP contribution in [0.1, 0.15) is 26.3 Å². The lowest BCUT2D eigenvalue weighted by Gasteiger charge is -2.21. The van der Waals surface area contributed by atoms with E-state index in [1.165, 1.54) is 5.06 Å². The van der Waals surface area contributed by atoms with E-state index in [1.807, 2.05) is 33.0 Å². The van der Waals surface area contributed by atoms with Gasteiger partial charge in [0.25, 0.3) is 0 Å². The highest BCUT2D eigenvalue weighted by molar-refractivity contribution is 5.80. The maximum Gasteiger partial charge on any atom is 0.407 e. The van der Waals surface area contributed by atoms with E-state index in [9.17, 15) is 9.59 Å². The fraction of sp³-hybridized carbons (Fsp3) is 0.500. The van der Waals surface area contributed by atoms with Crippen LogP contribution in [0.2, 0.25) is 0 Å². The average Bonchev–Trinajstić information content (AvgIpc) is 3.14. The molecule has 2 bridgehead atoms. The van der Waals surface area contributed by atoms with E-state index >= 15 is 0 Å². The summed E-state index contributed by atoms with van der Waals surface area (Å²) in [6, 6.07) is -0.319. The molecule has 1 aromatic rings. The Balaban J connectivity index is 1.62. The van der Waals surface area contributed by atoms with Gasteiger partial charge in [0.05, 0.1) is 31.1 Å². The fourth-order valence-electron chi connectivity index (χ4n) is 2.91. The number of hydrogen-bond acceptors (Lipinski definition) is 5. The molecule has 3 amide bonds. The molecule has 1 fully saturated rings. The highest BCUT2D eigenvalue weighted by Crippen LogP contribution is 2.26. The van der Waals surface area contributed by atoms with Gasteiger partial charge in [0.2, 0.25) is 0 Å². The highest BCUT2D eigenvalue weighted by Gasteiger charge is 2.41. The quantitative estimate of drug-likeness (QED) is 0.768. The van der Waals surface area contributed by atoms with E-state index in [0.717, 1.165) is 11.3 Å². The van der Waals surface area contributed by atoms with E-state index in [2.05, 4.69) is 17.0 Å². The molecule has 27 heavy (non-hydrogen) atoms. The van der Waals surface area contributed by atoms with Gasteiger partial charge in [-0.15, -0.1) is 6.58 Å². The second-order valence-corrected chi connectivity index (χ2v) is 7.45. The summed E-state index contributed by atoms with van der Waals surface area (Å²) in [5, 5.41) is 8.43. The summed E-state index contributed by atoms with van der Waals surface area (Å²) in [6.07, 6.45) is 6.61. The second-order valence-electron chi connectivity index (χ2n) is 7.45. The number of rotatable bonds is 6. The van der Waals surface area contributed by atoms with Crippen molar-refractivity contribution in [3.8, 4) is 0 Å². The van der Waals surface area contributed by atoms with Crippen molar-refractivity contribution < 1.29 is 19.2 Å². The maximum atomic E-state index is 12.3. The summed E-state index contributed by atoms with van der Waals surface area (Å²) in [5.74, 6) is 0. The molecule has 0 aliphatic carbocycles. The third kappa shape index (κ3) is 4.48. The third-order valence-electron chi connectivity index (χ3n) is 4.00. The van der Waals surface area contributed by atoms with Gasteiger partial charge < -0.3 is 15.0 Å². The topological polar surface area (TPSA) is 88.9 Å². The van der Waals surface area contributed by atoms with Crippen LogP contribution in [-0.4, -0.2) is 63.2 Å². The number of nitrogens with one attached hydrogen (secondary N) is 1. The summed E-state index contributed by atoms with van der Waals surface area (Å²) in [7, 11) is 0. The molecule has 1 saturated heterocycles. The number of nitrogens with zero attached hydrogens (tertiary/aromatic N) is 4. The molecule has 1 aromatic heterocycles. The molecule has 3 rings (SSSR count). The number of ether oxygens (including phenoxy) is 1. The van der Waals surface area contributed by atoms with Crippen LogP contribution < -0.4 is 5.32 Å². The number of carbonyl (C=O) groups is 2. The SMILES string of the molecule is C=CCON1C(=O)N2CC(n3cc(CNC(=O)OC(C)(C)C)cn3)=CC1C2. The summed E-state index contributed by atoms with van der Waals surface area (Å²) in [5.41, 5.74) is 1.18. The monoisotopic (exact) mass is 375 g/mol. The van der Waals surface area contributed by atoms with Crippen LogP contribution in [0.4, 0.5) is 9.59 Å². The van der Waals surface area contributed by atoms with Crippen molar-refractivity contribution in [2.24, 2.45) is 0 Å². The van der Waals surface area contributed by atoms with Gasteiger partial charge in [0.1, 0.15) is 5.60 Å². The van der Waals surface area contributed by atoms with Gasteiger partial charge in [-0.3, -0.25) is 4.84 Å². The van der Waals surface area contributed by atoms with Crippen molar-refractivity contribution in [2.45, 2.75) is 39.0 Å². The van der Waals surface area contributed by atoms with Gasteiger partial charge in [-0.25, -0.2) is 14.3 Å². The molecular weight excluding hydrogens is 350 g/mol. The maximum absolute atomic E-state index is 12.3. The molecule has 1 unspecified atom stereocenters. The molecule has 0 saturated carbocycles. The summed E-state index contributed by atoms with van der Waals surface area (Å²) < 4.78 is 6.93. The molecule has 9 heteroatoms. The molecule has 9 nitrogen and oxygen atoms in total. The van der Waals surface area contributed by atoms with E-state index in [4.69, 9.17) is 9.57 Å². The van der Waals surface area contributed by atoms with Gasteiger partial charge >= 0.3 is 12.1 Å². The van der Waals surface area contributed by atoms with E-state index in [0.29, 0.717) is 19.6 Å². The number of hydrogen-bond donors (Lipinski definition) is 1. The van der Waals surface area contributed by atoms with Gasteiger partial charge in [-0.05, 0) is 26.8 Å². The standard InChI is InChI=1S/C18H25N5O4/c1-5-6-26-23-15-7-14(11-21(12-15)17(23)25)22-10-13(9-20-22)8-19-16(24)27-18(2,3)4/h5,7,9-10,15H,1,6,8,11-12H2,2-4H3,(H,19,24). The van der Waals surface area contributed by atoms with E-state index in [-0.39, 0.29) is 18.7 Å². The van der Waals surface area contributed by atoms with Crippen molar-refractivity contribution in [3.63, 3.8) is 0 Å². The van der Waals surface area contributed by atoms with Crippen molar-refractivity contribution in [1.82, 2.24) is 25.1 Å². The Bertz CT molecular complexity index is 764. The minimum Gasteiger partial charge on any atom is -0.444 e. The Morgan fingerprint density at radius 2 is 2.26 bits per heavy atom. The Morgan fingerprint density at radius 1 is 1.48 bits per heavy atom. The zero-order valence-electron chi connectivity index (χ0n) is 15.8. The molecule has 1 atom stereocenters. The van der Waals surface area contributed by atoms with Gasteiger partial charge in [0.15, 0.2) is 0 Å². The smallest absolute Gasteiger partial charge is 0.407 e. The van der Waals surface area contributed by atoms with Crippen molar-refractivity contribution in [1.29, 1.82) is 0 Å². The van der Waals surface area contributed by atoms with Crippen LogP contribution in [0, 0.1) is 0 Å². The predicted molar refractivity (Wildman–Crippen MR) is 98.3 cm³/mol. The Labute approximate surface area is 158 Å². The zero-order valence-corrected chi connectivity index (χ0v) is 15.8. The first-order valence-corrected chi connectivity index (χ1v) is 8.80. The first kappa shape index (κ1) is 19.0. The van der Waals surface area contributed by atoms with Crippen molar-refractivity contribution in [2.75, 3.05) is 19.7 Å². The van der Waals surface area contributed by atoms with E-state index in [1.54, 1.807) is 21.9 Å². The van der Waals surface area contributed by atoms with Crippen molar-refractivity contribution in [3.05, 3.63) is 36.7 Å². The lowest BCUT2D eigenvalue weighted by molar-refractivity contribution is -0.107. The normalized spacial score (nSPS) is 19.1. The number of amides is 3. The summed E-state index contributed by atoms with van der Waals surface area (Å²) in [4.78, 5) is 31.3. The van der Waals surface area contributed by atoms with Crippen LogP contribution in [-0.2, 0) is 16.1 Å². The zero-order chi connectivity index (χ0) is 19.6. The molecule has 0 radical (unpaired) electrons. The molecule has 0 aromatic carbocycles. The lowest BCUT2D eigenvalue weighted by atomic mass is 10.2. The second kappa shape index (κ2) is 7.43. The molecule has 146 valence electrons. The molecule has 2 aliphatic heterocycles. The Kier molecular flexibility index (Phi) is 5.22. The number of aromatic nitrogens is 2. The first-order valence-electron chi connectivity index (χ1n) is 8.80. The molecule has 0 spiro atoms. The minimum atomic E-state index is -0.541. The number of fused-ring (bicyclic) bond motifs is 2. The lowest BCUT2D eigenvalue weighted by Crippen LogP contribution is -2.33. The molecule has 2 aliphatic rings. The molecule has 3 heterocycles. The number of hydroxylamine groups is 2. The number of alkyl carbamates (subject to hydrolysis) is 1. The van der Waals surface area contributed by atoms with Crippen molar-refractivity contribution >= 4 is 17.8 Å². The predicted octanol–water partition coefficient (Wildman–Crippen LogP) is 1.99. The largest absolute Gasteiger partial charge is 0.444 e. The molecule has 1 N–H and O–H groups in total. The van der Waals surface area contributed by atoms with Gasteiger partial charge in [-0.2, -0.15) is 10.2 Å². The third-order valence-corrected chi connectivity index (χ3v) is 4.00. The summed E-state index contributed by atoms with van der Waals surface area (Å²) >= 11 is 0. The molecular formula is C18H25N5O4. The van der Waals surface area contributed by atoms with Crippen LogP contribution in [0.15, 0.2) is 31.1 Å². The summed E-state index contributed by atoms with van der Waals surface area (Å²) in [6.45, 7) is 10.7. The first-order chi connectivity index (χ1) is 12.8. The average molecular weight is 375 g/mol.